The average Bonchev–Trinajstić information content (AvgIpc) is 3.17. The van der Waals surface area contributed by atoms with Gasteiger partial charge in [-0.05, 0) is 54.8 Å². The maximum Gasteiger partial charge on any atom is 0.274 e. The summed E-state index contributed by atoms with van der Waals surface area (Å²) in [5.41, 5.74) is 5.63. The number of nitrogens with zero attached hydrogens (tertiary/aromatic N) is 3. The van der Waals surface area contributed by atoms with Crippen molar-refractivity contribution >= 4 is 34.6 Å². The number of H-pyrrole nitrogens is 1. The summed E-state index contributed by atoms with van der Waals surface area (Å²) in [5.74, 6) is -0.315. The predicted octanol–water partition coefficient (Wildman–Crippen LogP) is 4.87. The van der Waals surface area contributed by atoms with Crippen LogP contribution in [-0.4, -0.2) is 21.1 Å². The minimum atomic E-state index is -0.315. The molecular formula is C24H19N5O. The first kappa shape index (κ1) is 19.1. The Kier molecular flexibility index (Phi) is 5.10. The smallest absolute Gasteiger partial charge is 0.274 e. The lowest BCUT2D eigenvalue weighted by atomic mass is 10.0. The molecule has 0 bridgehead atoms. The van der Waals surface area contributed by atoms with Crippen molar-refractivity contribution in [2.24, 2.45) is 0 Å². The number of amides is 1. The lowest BCUT2D eigenvalue weighted by Gasteiger charge is -2.10. The molecule has 0 spiro atoms. The van der Waals surface area contributed by atoms with E-state index >= 15 is 0 Å². The molecule has 0 radical (unpaired) electrons. The number of aromatic amines is 1. The quantitative estimate of drug-likeness (QED) is 0.517. The fourth-order valence-corrected chi connectivity index (χ4v) is 3.21. The maximum absolute atomic E-state index is 12.8. The van der Waals surface area contributed by atoms with E-state index in [1.165, 1.54) is 6.20 Å². The molecule has 0 aliphatic heterocycles. The van der Waals surface area contributed by atoms with Crippen molar-refractivity contribution in [2.45, 2.75) is 13.8 Å². The second-order valence-corrected chi connectivity index (χ2v) is 6.95. The molecule has 1 amide bonds. The Labute approximate surface area is 173 Å². The van der Waals surface area contributed by atoms with Gasteiger partial charge in [-0.3, -0.25) is 9.89 Å². The Morgan fingerprint density at radius 1 is 1.10 bits per heavy atom. The molecule has 2 aromatic carbocycles. The van der Waals surface area contributed by atoms with E-state index in [4.69, 9.17) is 5.26 Å². The molecule has 0 saturated carbocycles. The summed E-state index contributed by atoms with van der Waals surface area (Å²) in [5, 5.41) is 20.3. The third-order valence-corrected chi connectivity index (χ3v) is 5.06. The van der Waals surface area contributed by atoms with Gasteiger partial charge in [0.05, 0.1) is 16.8 Å². The molecule has 0 aliphatic rings. The molecule has 0 saturated heterocycles. The zero-order valence-corrected chi connectivity index (χ0v) is 16.6. The van der Waals surface area contributed by atoms with Gasteiger partial charge >= 0.3 is 0 Å². The third kappa shape index (κ3) is 3.69. The zero-order chi connectivity index (χ0) is 21.1. The van der Waals surface area contributed by atoms with Crippen LogP contribution < -0.4 is 5.32 Å². The van der Waals surface area contributed by atoms with Gasteiger partial charge in [-0.15, -0.1) is 0 Å². The zero-order valence-electron chi connectivity index (χ0n) is 16.6. The van der Waals surface area contributed by atoms with Gasteiger partial charge in [0.2, 0.25) is 0 Å². The number of pyridine rings is 1. The number of rotatable bonds is 4. The molecule has 0 aliphatic carbocycles. The van der Waals surface area contributed by atoms with Crippen LogP contribution in [0.5, 0.6) is 0 Å². The molecular weight excluding hydrogens is 374 g/mol. The van der Waals surface area contributed by atoms with Crippen molar-refractivity contribution in [1.29, 1.82) is 5.26 Å². The first-order chi connectivity index (χ1) is 14.6. The van der Waals surface area contributed by atoms with Crippen LogP contribution in [-0.2, 0) is 0 Å². The van der Waals surface area contributed by atoms with Gasteiger partial charge in [0.1, 0.15) is 11.8 Å². The minimum Gasteiger partial charge on any atom is -0.321 e. The molecule has 2 N–H and O–H groups in total. The van der Waals surface area contributed by atoms with Crippen LogP contribution in [0.2, 0.25) is 0 Å². The SMILES string of the molecule is Cc1c(C#N)cnc(C(=O)Nc2ccc3[nH]nc(/C=C/c4ccccc4)c3c2)c1C. The fraction of sp³-hybridized carbons (Fsp3) is 0.0833. The second kappa shape index (κ2) is 8.02. The van der Waals surface area contributed by atoms with Gasteiger partial charge in [-0.25, -0.2) is 4.98 Å². The van der Waals surface area contributed by atoms with Crippen molar-refractivity contribution in [3.8, 4) is 6.07 Å². The van der Waals surface area contributed by atoms with Crippen LogP contribution in [0.25, 0.3) is 23.1 Å². The highest BCUT2D eigenvalue weighted by molar-refractivity contribution is 6.05. The number of anilines is 1. The molecule has 6 nitrogen and oxygen atoms in total. The standard InChI is InChI=1S/C24H19N5O/c1-15-16(2)23(26-14-18(15)13-25)24(30)27-19-9-11-22-20(12-19)21(28-29-22)10-8-17-6-4-3-5-7-17/h3-12,14H,1-2H3,(H,27,30)(H,28,29)/b10-8+. The van der Waals surface area contributed by atoms with Crippen molar-refractivity contribution in [3.05, 3.63) is 88.4 Å². The van der Waals surface area contributed by atoms with Crippen LogP contribution in [0.3, 0.4) is 0 Å². The van der Waals surface area contributed by atoms with Crippen molar-refractivity contribution < 1.29 is 4.79 Å². The summed E-state index contributed by atoms with van der Waals surface area (Å²) in [6.07, 6.45) is 5.37. The van der Waals surface area contributed by atoms with Crippen LogP contribution in [0, 0.1) is 25.2 Å². The molecule has 4 aromatic rings. The number of nitrogens with one attached hydrogen (secondary N) is 2. The number of hydrogen-bond acceptors (Lipinski definition) is 4. The Balaban J connectivity index is 1.61. The van der Waals surface area contributed by atoms with Gasteiger partial charge in [0.15, 0.2) is 0 Å². The van der Waals surface area contributed by atoms with Gasteiger partial charge in [0.25, 0.3) is 5.91 Å². The van der Waals surface area contributed by atoms with E-state index in [2.05, 4.69) is 26.6 Å². The maximum atomic E-state index is 12.8. The summed E-state index contributed by atoms with van der Waals surface area (Å²) >= 11 is 0. The topological polar surface area (TPSA) is 94.5 Å². The van der Waals surface area contributed by atoms with Gasteiger partial charge in [-0.2, -0.15) is 10.4 Å². The molecule has 2 heterocycles. The van der Waals surface area contributed by atoms with Gasteiger partial charge in [0, 0.05) is 17.3 Å². The van der Waals surface area contributed by atoms with Gasteiger partial charge in [-0.1, -0.05) is 36.4 Å². The third-order valence-electron chi connectivity index (χ3n) is 5.06. The molecule has 2 aromatic heterocycles. The largest absolute Gasteiger partial charge is 0.321 e. The van der Waals surface area contributed by atoms with Crippen molar-refractivity contribution in [1.82, 2.24) is 15.2 Å². The summed E-state index contributed by atoms with van der Waals surface area (Å²) in [7, 11) is 0. The van der Waals surface area contributed by atoms with E-state index in [0.717, 1.165) is 27.7 Å². The van der Waals surface area contributed by atoms with Crippen molar-refractivity contribution in [2.75, 3.05) is 5.32 Å². The highest BCUT2D eigenvalue weighted by Gasteiger charge is 2.15. The Bertz CT molecular complexity index is 1310. The molecule has 6 heteroatoms. The van der Waals surface area contributed by atoms with Crippen molar-refractivity contribution in [3.63, 3.8) is 0 Å². The highest BCUT2D eigenvalue weighted by Crippen LogP contribution is 2.23. The predicted molar refractivity (Wildman–Crippen MR) is 118 cm³/mol. The second-order valence-electron chi connectivity index (χ2n) is 6.95. The summed E-state index contributed by atoms with van der Waals surface area (Å²) in [4.78, 5) is 16.9. The molecule has 0 unspecified atom stereocenters. The molecule has 0 fully saturated rings. The van der Waals surface area contributed by atoms with E-state index in [9.17, 15) is 4.79 Å². The van der Waals surface area contributed by atoms with E-state index in [0.29, 0.717) is 22.5 Å². The normalized spacial score (nSPS) is 11.0. The minimum absolute atomic E-state index is 0.308. The highest BCUT2D eigenvalue weighted by atomic mass is 16.1. The number of carbonyl (C=O) groups is 1. The first-order valence-electron chi connectivity index (χ1n) is 9.45. The van der Waals surface area contributed by atoms with Crippen LogP contribution in [0.4, 0.5) is 5.69 Å². The Morgan fingerprint density at radius 3 is 2.67 bits per heavy atom. The van der Waals surface area contributed by atoms with Crippen LogP contribution in [0.1, 0.15) is 38.4 Å². The van der Waals surface area contributed by atoms with E-state index in [1.54, 1.807) is 6.92 Å². The molecule has 30 heavy (non-hydrogen) atoms. The number of nitriles is 1. The van der Waals surface area contributed by atoms with Crippen LogP contribution >= 0.6 is 0 Å². The van der Waals surface area contributed by atoms with Gasteiger partial charge < -0.3 is 5.32 Å². The molecule has 4 rings (SSSR count). The number of fused-ring (bicyclic) bond motifs is 1. The summed E-state index contributed by atoms with van der Waals surface area (Å²) in [6, 6.07) is 17.6. The van der Waals surface area contributed by atoms with Crippen LogP contribution in [0.15, 0.2) is 54.7 Å². The number of benzene rings is 2. The lowest BCUT2D eigenvalue weighted by Crippen LogP contribution is -2.16. The molecule has 0 atom stereocenters. The molecule has 146 valence electrons. The van der Waals surface area contributed by atoms with E-state index in [-0.39, 0.29) is 5.91 Å². The average molecular weight is 393 g/mol. The Hall–Kier alpha value is -4.24. The Morgan fingerprint density at radius 2 is 1.90 bits per heavy atom. The lowest BCUT2D eigenvalue weighted by molar-refractivity contribution is 0.102. The fourth-order valence-electron chi connectivity index (χ4n) is 3.21. The summed E-state index contributed by atoms with van der Waals surface area (Å²) in [6.45, 7) is 3.61. The summed E-state index contributed by atoms with van der Waals surface area (Å²) < 4.78 is 0. The number of aromatic nitrogens is 3. The monoisotopic (exact) mass is 393 g/mol. The number of carbonyl (C=O) groups excluding carboxylic acids is 1. The van der Waals surface area contributed by atoms with E-state index < -0.39 is 0 Å². The first-order valence-corrected chi connectivity index (χ1v) is 9.45. The van der Waals surface area contributed by atoms with E-state index in [1.807, 2.05) is 67.6 Å². The number of hydrogen-bond donors (Lipinski definition) is 2.